The minimum absolute atomic E-state index is 0.0338. The van der Waals surface area contributed by atoms with Crippen molar-refractivity contribution in [2.45, 2.75) is 51.7 Å². The van der Waals surface area contributed by atoms with Crippen molar-refractivity contribution in [1.82, 2.24) is 9.97 Å². The van der Waals surface area contributed by atoms with E-state index in [9.17, 15) is 4.79 Å². The first-order valence-electron chi connectivity index (χ1n) is 6.99. The van der Waals surface area contributed by atoms with Gasteiger partial charge in [-0.1, -0.05) is 13.8 Å². The van der Waals surface area contributed by atoms with Gasteiger partial charge in [0.15, 0.2) is 0 Å². The molecule has 0 radical (unpaired) electrons. The van der Waals surface area contributed by atoms with Crippen molar-refractivity contribution >= 4 is 5.97 Å². The fourth-order valence-corrected chi connectivity index (χ4v) is 2.57. The molecule has 19 heavy (non-hydrogen) atoms. The average molecular weight is 265 g/mol. The molecule has 0 spiro atoms. The fourth-order valence-electron chi connectivity index (χ4n) is 2.57. The predicted octanol–water partition coefficient (Wildman–Crippen LogP) is 1.65. The van der Waals surface area contributed by atoms with E-state index >= 15 is 0 Å². The molecule has 106 valence electrons. The number of esters is 1. The molecule has 1 heterocycles. The van der Waals surface area contributed by atoms with E-state index in [2.05, 4.69) is 23.8 Å². The monoisotopic (exact) mass is 265 g/mol. The highest BCUT2D eigenvalue weighted by molar-refractivity contribution is 5.76. The molecule has 0 saturated heterocycles. The van der Waals surface area contributed by atoms with Gasteiger partial charge in [-0.15, -0.1) is 0 Å². The zero-order chi connectivity index (χ0) is 13.8. The lowest BCUT2D eigenvalue weighted by atomic mass is 9.80. The van der Waals surface area contributed by atoms with Crippen LogP contribution in [0.4, 0.5) is 0 Å². The summed E-state index contributed by atoms with van der Waals surface area (Å²) in [4.78, 5) is 18.8. The number of nitrogens with zero attached hydrogens (tertiary/aromatic N) is 1. The first-order chi connectivity index (χ1) is 9.06. The number of carbonyl (C=O) groups excluding carboxylic acids is 1. The quantitative estimate of drug-likeness (QED) is 0.811. The summed E-state index contributed by atoms with van der Waals surface area (Å²) in [6.45, 7) is 4.47. The van der Waals surface area contributed by atoms with E-state index in [0.717, 1.165) is 25.0 Å². The lowest BCUT2D eigenvalue weighted by Gasteiger charge is -2.32. The topological polar surface area (TPSA) is 81.0 Å². The molecule has 5 heteroatoms. The van der Waals surface area contributed by atoms with E-state index < -0.39 is 6.04 Å². The number of rotatable bonds is 4. The third-order valence-electron chi connectivity index (χ3n) is 4.13. The van der Waals surface area contributed by atoms with E-state index in [-0.39, 0.29) is 12.1 Å². The molecule has 1 aliphatic carbocycles. The van der Waals surface area contributed by atoms with Crippen LogP contribution in [0.15, 0.2) is 12.5 Å². The SMILES string of the molecule is CC1CCC(OC(=O)C(N)Cc2cnc[nH]2)CC1C. The number of imidazole rings is 1. The highest BCUT2D eigenvalue weighted by Crippen LogP contribution is 2.31. The normalized spacial score (nSPS) is 28.9. The van der Waals surface area contributed by atoms with Gasteiger partial charge in [0.2, 0.25) is 0 Å². The standard InChI is InChI=1S/C14H23N3O2/c1-9-3-4-12(5-10(9)2)19-14(18)13(15)6-11-7-16-8-17-11/h7-10,12-13H,3-6,15H2,1-2H3,(H,16,17). The molecule has 5 nitrogen and oxygen atoms in total. The third-order valence-corrected chi connectivity index (χ3v) is 4.13. The Kier molecular flexibility index (Phi) is 4.58. The van der Waals surface area contributed by atoms with Crippen LogP contribution < -0.4 is 5.73 Å². The van der Waals surface area contributed by atoms with Crippen LogP contribution in [0.2, 0.25) is 0 Å². The predicted molar refractivity (Wildman–Crippen MR) is 72.3 cm³/mol. The van der Waals surface area contributed by atoms with E-state index in [1.54, 1.807) is 12.5 Å². The van der Waals surface area contributed by atoms with Crippen molar-refractivity contribution in [3.63, 3.8) is 0 Å². The largest absolute Gasteiger partial charge is 0.461 e. The Morgan fingerprint density at radius 1 is 1.53 bits per heavy atom. The van der Waals surface area contributed by atoms with E-state index in [1.165, 1.54) is 0 Å². The molecule has 1 saturated carbocycles. The molecule has 3 N–H and O–H groups in total. The van der Waals surface area contributed by atoms with Crippen molar-refractivity contribution in [3.8, 4) is 0 Å². The van der Waals surface area contributed by atoms with Crippen molar-refractivity contribution in [2.24, 2.45) is 17.6 Å². The number of hydrogen-bond acceptors (Lipinski definition) is 4. The summed E-state index contributed by atoms with van der Waals surface area (Å²) in [5.41, 5.74) is 6.72. The Balaban J connectivity index is 1.80. The Labute approximate surface area is 113 Å². The smallest absolute Gasteiger partial charge is 0.323 e. The van der Waals surface area contributed by atoms with Crippen molar-refractivity contribution < 1.29 is 9.53 Å². The number of nitrogens with one attached hydrogen (secondary N) is 1. The summed E-state index contributed by atoms with van der Waals surface area (Å²) in [6.07, 6.45) is 6.76. The number of hydrogen-bond donors (Lipinski definition) is 2. The van der Waals surface area contributed by atoms with Gasteiger partial charge in [-0.05, 0) is 31.1 Å². The summed E-state index contributed by atoms with van der Waals surface area (Å²) >= 11 is 0. The number of ether oxygens (including phenoxy) is 1. The third kappa shape index (κ3) is 3.80. The Morgan fingerprint density at radius 2 is 2.32 bits per heavy atom. The van der Waals surface area contributed by atoms with Crippen molar-refractivity contribution in [1.29, 1.82) is 0 Å². The lowest BCUT2D eigenvalue weighted by molar-refractivity contribution is -0.153. The molecule has 1 aromatic rings. The molecule has 2 rings (SSSR count). The van der Waals surface area contributed by atoms with Crippen molar-refractivity contribution in [3.05, 3.63) is 18.2 Å². The minimum Gasteiger partial charge on any atom is -0.461 e. The molecule has 1 aromatic heterocycles. The van der Waals surface area contributed by atoms with Gasteiger partial charge >= 0.3 is 5.97 Å². The first kappa shape index (κ1) is 14.1. The molecule has 0 amide bonds. The Morgan fingerprint density at radius 3 is 2.95 bits per heavy atom. The lowest BCUT2D eigenvalue weighted by Crippen LogP contribution is -2.38. The Bertz CT molecular complexity index is 405. The molecule has 4 unspecified atom stereocenters. The van der Waals surface area contributed by atoms with Gasteiger partial charge in [-0.2, -0.15) is 0 Å². The second kappa shape index (κ2) is 6.19. The van der Waals surface area contributed by atoms with E-state index in [4.69, 9.17) is 10.5 Å². The maximum Gasteiger partial charge on any atom is 0.323 e. The number of aromatic amines is 1. The van der Waals surface area contributed by atoms with Crippen LogP contribution in [0.3, 0.4) is 0 Å². The van der Waals surface area contributed by atoms with E-state index in [0.29, 0.717) is 18.3 Å². The molecule has 4 atom stereocenters. The average Bonchev–Trinajstić information content (AvgIpc) is 2.86. The molecule has 0 aromatic carbocycles. The molecule has 1 fully saturated rings. The summed E-state index contributed by atoms with van der Waals surface area (Å²) in [7, 11) is 0. The highest BCUT2D eigenvalue weighted by Gasteiger charge is 2.28. The van der Waals surface area contributed by atoms with Gasteiger partial charge in [0, 0.05) is 18.3 Å². The van der Waals surface area contributed by atoms with Gasteiger partial charge in [0.05, 0.1) is 6.33 Å². The summed E-state index contributed by atoms with van der Waals surface area (Å²) < 4.78 is 5.52. The zero-order valence-corrected chi connectivity index (χ0v) is 11.6. The molecule has 0 bridgehead atoms. The minimum atomic E-state index is -0.616. The van der Waals surface area contributed by atoms with Crippen LogP contribution in [-0.2, 0) is 16.0 Å². The molecular weight excluding hydrogens is 242 g/mol. The highest BCUT2D eigenvalue weighted by atomic mass is 16.5. The van der Waals surface area contributed by atoms with Gasteiger partial charge in [0.1, 0.15) is 12.1 Å². The van der Waals surface area contributed by atoms with E-state index in [1.807, 2.05) is 0 Å². The molecule has 1 aliphatic rings. The number of H-pyrrole nitrogens is 1. The van der Waals surface area contributed by atoms with Crippen LogP contribution in [0.5, 0.6) is 0 Å². The van der Waals surface area contributed by atoms with Crippen LogP contribution in [-0.4, -0.2) is 28.1 Å². The van der Waals surface area contributed by atoms with Crippen LogP contribution >= 0.6 is 0 Å². The molecular formula is C14H23N3O2. The zero-order valence-electron chi connectivity index (χ0n) is 11.6. The number of carbonyl (C=O) groups is 1. The van der Waals surface area contributed by atoms with Gasteiger partial charge in [-0.25, -0.2) is 4.98 Å². The molecule has 0 aliphatic heterocycles. The maximum atomic E-state index is 11.9. The summed E-state index contributed by atoms with van der Waals surface area (Å²) in [5, 5.41) is 0. The number of nitrogens with two attached hydrogens (primary N) is 1. The van der Waals surface area contributed by atoms with Gasteiger partial charge in [-0.3, -0.25) is 4.79 Å². The van der Waals surface area contributed by atoms with Gasteiger partial charge in [0.25, 0.3) is 0 Å². The van der Waals surface area contributed by atoms with Crippen LogP contribution in [0, 0.1) is 11.8 Å². The van der Waals surface area contributed by atoms with Crippen LogP contribution in [0.1, 0.15) is 38.8 Å². The maximum absolute atomic E-state index is 11.9. The second-order valence-corrected chi connectivity index (χ2v) is 5.71. The van der Waals surface area contributed by atoms with Crippen LogP contribution in [0.25, 0.3) is 0 Å². The first-order valence-corrected chi connectivity index (χ1v) is 6.99. The summed E-state index contributed by atoms with van der Waals surface area (Å²) in [6, 6.07) is -0.616. The fraction of sp³-hybridized carbons (Fsp3) is 0.714. The van der Waals surface area contributed by atoms with Crippen molar-refractivity contribution in [2.75, 3.05) is 0 Å². The second-order valence-electron chi connectivity index (χ2n) is 5.71. The Hall–Kier alpha value is -1.36. The summed E-state index contributed by atoms with van der Waals surface area (Å²) in [5.74, 6) is 1.02. The number of aromatic nitrogens is 2. The van der Waals surface area contributed by atoms with Gasteiger partial charge < -0.3 is 15.5 Å².